The minimum absolute atomic E-state index is 0.0497. The van der Waals surface area contributed by atoms with Crippen molar-refractivity contribution in [1.82, 2.24) is 16.0 Å². The molecule has 1 aliphatic rings. The van der Waals surface area contributed by atoms with Gasteiger partial charge in [0.2, 0.25) is 5.91 Å². The van der Waals surface area contributed by atoms with Gasteiger partial charge >= 0.3 is 0 Å². The molecule has 1 heterocycles. The number of nitrogens with one attached hydrogen (secondary N) is 3. The summed E-state index contributed by atoms with van der Waals surface area (Å²) in [5, 5.41) is 9.24. The Kier molecular flexibility index (Phi) is 7.91. The number of piperidine rings is 1. The fourth-order valence-electron chi connectivity index (χ4n) is 3.09. The van der Waals surface area contributed by atoms with E-state index in [1.54, 1.807) is 12.1 Å². The first kappa shape index (κ1) is 20.2. The molecule has 3 N–H and O–H groups in total. The number of carbonyl (C=O) groups excluding carboxylic acids is 2. The molecule has 0 radical (unpaired) electrons. The van der Waals surface area contributed by atoms with Gasteiger partial charge in [0.05, 0.1) is 12.2 Å². The predicted molar refractivity (Wildman–Crippen MR) is 102 cm³/mol. The molecule has 0 unspecified atom stereocenters. The van der Waals surface area contributed by atoms with E-state index in [-0.39, 0.29) is 17.2 Å². The van der Waals surface area contributed by atoms with Gasteiger partial charge in [-0.15, -0.1) is 0 Å². The summed E-state index contributed by atoms with van der Waals surface area (Å²) in [7, 11) is 0. The minimum Gasteiger partial charge on any atom is -0.493 e. The zero-order valence-electron chi connectivity index (χ0n) is 15.9. The summed E-state index contributed by atoms with van der Waals surface area (Å²) in [6.07, 6.45) is 3.21. The van der Waals surface area contributed by atoms with Crippen LogP contribution in [-0.4, -0.2) is 44.6 Å². The van der Waals surface area contributed by atoms with Crippen LogP contribution in [0.3, 0.4) is 0 Å². The number of hydrogen-bond donors (Lipinski definition) is 3. The molecule has 0 aromatic heterocycles. The third kappa shape index (κ3) is 6.33. The highest BCUT2D eigenvalue weighted by atomic mass is 16.5. The molecule has 144 valence electrons. The molecular formula is C20H31N3O3. The summed E-state index contributed by atoms with van der Waals surface area (Å²) in [6, 6.07) is 7.18. The monoisotopic (exact) mass is 361 g/mol. The maximum atomic E-state index is 12.3. The average Bonchev–Trinajstić information content (AvgIpc) is 2.65. The number of rotatable bonds is 9. The Morgan fingerprint density at radius 1 is 1.19 bits per heavy atom. The van der Waals surface area contributed by atoms with E-state index in [2.05, 4.69) is 22.9 Å². The van der Waals surface area contributed by atoms with E-state index in [0.717, 1.165) is 32.5 Å². The lowest BCUT2D eigenvalue weighted by atomic mass is 9.81. The predicted octanol–water partition coefficient (Wildman–Crippen LogP) is 2.10. The highest BCUT2D eigenvalue weighted by Gasteiger charge is 2.26. The molecule has 0 bridgehead atoms. The lowest BCUT2D eigenvalue weighted by Crippen LogP contribution is -2.43. The van der Waals surface area contributed by atoms with E-state index in [9.17, 15) is 9.59 Å². The van der Waals surface area contributed by atoms with Crippen LogP contribution < -0.4 is 20.7 Å². The van der Waals surface area contributed by atoms with Gasteiger partial charge < -0.3 is 20.7 Å². The quantitative estimate of drug-likeness (QED) is 0.589. The Morgan fingerprint density at radius 3 is 2.65 bits per heavy atom. The van der Waals surface area contributed by atoms with E-state index < -0.39 is 0 Å². The highest BCUT2D eigenvalue weighted by Crippen LogP contribution is 2.26. The zero-order chi connectivity index (χ0) is 18.8. The fourth-order valence-corrected chi connectivity index (χ4v) is 3.09. The molecule has 1 aliphatic heterocycles. The van der Waals surface area contributed by atoms with Crippen molar-refractivity contribution in [2.45, 2.75) is 39.5 Å². The van der Waals surface area contributed by atoms with Crippen molar-refractivity contribution in [2.24, 2.45) is 5.41 Å². The van der Waals surface area contributed by atoms with Crippen molar-refractivity contribution in [1.29, 1.82) is 0 Å². The first-order chi connectivity index (χ1) is 12.5. The van der Waals surface area contributed by atoms with Gasteiger partial charge in [0.25, 0.3) is 5.91 Å². The molecule has 1 saturated heterocycles. The van der Waals surface area contributed by atoms with Crippen molar-refractivity contribution >= 4 is 11.8 Å². The van der Waals surface area contributed by atoms with E-state index in [1.807, 2.05) is 19.1 Å². The second kappa shape index (κ2) is 10.2. The molecule has 0 spiro atoms. The largest absolute Gasteiger partial charge is 0.493 e. The summed E-state index contributed by atoms with van der Waals surface area (Å²) in [5.74, 6) is 0.464. The number of ether oxygens (including phenoxy) is 1. The molecule has 1 fully saturated rings. The molecule has 2 rings (SSSR count). The molecule has 1 aromatic rings. The summed E-state index contributed by atoms with van der Waals surface area (Å²) >= 11 is 0. The topological polar surface area (TPSA) is 79.5 Å². The zero-order valence-corrected chi connectivity index (χ0v) is 15.9. The van der Waals surface area contributed by atoms with Crippen LogP contribution in [0.2, 0.25) is 0 Å². The van der Waals surface area contributed by atoms with Gasteiger partial charge in [0, 0.05) is 19.5 Å². The SMILES string of the molecule is CCOc1ccccc1C(=O)NCCCC(=O)NCC1(C)CCNCC1. The summed E-state index contributed by atoms with van der Waals surface area (Å²) in [5.41, 5.74) is 0.718. The number of hydrogen-bond acceptors (Lipinski definition) is 4. The first-order valence-corrected chi connectivity index (χ1v) is 9.51. The number of amides is 2. The molecule has 6 nitrogen and oxygen atoms in total. The maximum Gasteiger partial charge on any atom is 0.255 e. The second-order valence-electron chi connectivity index (χ2n) is 7.13. The third-order valence-electron chi connectivity index (χ3n) is 4.82. The van der Waals surface area contributed by atoms with Crippen LogP contribution >= 0.6 is 0 Å². The lowest BCUT2D eigenvalue weighted by Gasteiger charge is -2.34. The van der Waals surface area contributed by atoms with E-state index >= 15 is 0 Å². The summed E-state index contributed by atoms with van der Waals surface area (Å²) in [6.45, 7) is 7.85. The first-order valence-electron chi connectivity index (χ1n) is 9.51. The second-order valence-corrected chi connectivity index (χ2v) is 7.13. The third-order valence-corrected chi connectivity index (χ3v) is 4.82. The molecular weight excluding hydrogens is 330 g/mol. The Bertz CT molecular complexity index is 598. The van der Waals surface area contributed by atoms with Crippen molar-refractivity contribution in [3.63, 3.8) is 0 Å². The van der Waals surface area contributed by atoms with Crippen LogP contribution in [-0.2, 0) is 4.79 Å². The van der Waals surface area contributed by atoms with Crippen molar-refractivity contribution in [3.8, 4) is 5.75 Å². The molecule has 0 aliphatic carbocycles. The molecule has 1 aromatic carbocycles. The van der Waals surface area contributed by atoms with Crippen LogP contribution in [0, 0.1) is 5.41 Å². The van der Waals surface area contributed by atoms with E-state index in [4.69, 9.17) is 4.74 Å². The van der Waals surface area contributed by atoms with Crippen molar-refractivity contribution < 1.29 is 14.3 Å². The van der Waals surface area contributed by atoms with Crippen LogP contribution in [0.25, 0.3) is 0 Å². The Labute approximate surface area is 156 Å². The van der Waals surface area contributed by atoms with Crippen LogP contribution in [0.4, 0.5) is 0 Å². The number of benzene rings is 1. The van der Waals surface area contributed by atoms with Gasteiger partial charge in [-0.3, -0.25) is 9.59 Å². The Hall–Kier alpha value is -2.08. The molecule has 0 saturated carbocycles. The minimum atomic E-state index is -0.170. The molecule has 2 amide bonds. The standard InChI is InChI=1S/C20H31N3O3/c1-3-26-17-8-5-4-7-16(17)19(25)22-12-6-9-18(24)23-15-20(2)10-13-21-14-11-20/h4-5,7-8,21H,3,6,9-15H2,1-2H3,(H,22,25)(H,23,24). The van der Waals surface area contributed by atoms with Gasteiger partial charge in [-0.05, 0) is 56.8 Å². The maximum absolute atomic E-state index is 12.3. The normalized spacial score (nSPS) is 15.9. The molecule has 0 atom stereocenters. The lowest BCUT2D eigenvalue weighted by molar-refractivity contribution is -0.121. The van der Waals surface area contributed by atoms with Gasteiger partial charge in [-0.2, -0.15) is 0 Å². The van der Waals surface area contributed by atoms with Crippen LogP contribution in [0.5, 0.6) is 5.75 Å². The van der Waals surface area contributed by atoms with Gasteiger partial charge in [-0.25, -0.2) is 0 Å². The number of para-hydroxylation sites is 1. The fraction of sp³-hybridized carbons (Fsp3) is 0.600. The Balaban J connectivity index is 1.66. The average molecular weight is 361 g/mol. The van der Waals surface area contributed by atoms with Crippen LogP contribution in [0.15, 0.2) is 24.3 Å². The van der Waals surface area contributed by atoms with Crippen molar-refractivity contribution in [3.05, 3.63) is 29.8 Å². The smallest absolute Gasteiger partial charge is 0.255 e. The number of carbonyl (C=O) groups is 2. The Morgan fingerprint density at radius 2 is 1.92 bits per heavy atom. The summed E-state index contributed by atoms with van der Waals surface area (Å²) in [4.78, 5) is 24.3. The van der Waals surface area contributed by atoms with E-state index in [1.165, 1.54) is 0 Å². The van der Waals surface area contributed by atoms with Gasteiger partial charge in [-0.1, -0.05) is 19.1 Å². The van der Waals surface area contributed by atoms with E-state index in [0.29, 0.717) is 37.3 Å². The van der Waals surface area contributed by atoms with Gasteiger partial charge in [0.15, 0.2) is 0 Å². The molecule has 6 heteroatoms. The van der Waals surface area contributed by atoms with Crippen molar-refractivity contribution in [2.75, 3.05) is 32.8 Å². The van der Waals surface area contributed by atoms with Crippen LogP contribution in [0.1, 0.15) is 49.9 Å². The summed E-state index contributed by atoms with van der Waals surface area (Å²) < 4.78 is 5.47. The highest BCUT2D eigenvalue weighted by molar-refractivity contribution is 5.96. The molecule has 26 heavy (non-hydrogen) atoms. The van der Waals surface area contributed by atoms with Gasteiger partial charge in [0.1, 0.15) is 5.75 Å².